The average molecular weight is 375 g/mol. The Morgan fingerprint density at radius 1 is 1.19 bits per heavy atom. The predicted octanol–water partition coefficient (Wildman–Crippen LogP) is 3.71. The summed E-state index contributed by atoms with van der Waals surface area (Å²) >= 11 is 1.79. The molecule has 0 spiro atoms. The van der Waals surface area contributed by atoms with E-state index in [1.54, 1.807) is 11.3 Å². The molecule has 2 aromatic rings. The van der Waals surface area contributed by atoms with Crippen molar-refractivity contribution in [3.63, 3.8) is 0 Å². The van der Waals surface area contributed by atoms with Gasteiger partial charge in [-0.05, 0) is 33.3 Å². The molecule has 1 heterocycles. The highest BCUT2D eigenvalue weighted by molar-refractivity contribution is 7.11. The minimum atomic E-state index is 0.585. The van der Waals surface area contributed by atoms with Crippen LogP contribution in [-0.4, -0.2) is 30.6 Å². The lowest BCUT2D eigenvalue weighted by Crippen LogP contribution is -2.38. The van der Waals surface area contributed by atoms with Crippen LogP contribution >= 0.6 is 11.3 Å². The van der Waals surface area contributed by atoms with Crippen LogP contribution in [0.3, 0.4) is 0 Å². The van der Waals surface area contributed by atoms with E-state index >= 15 is 0 Å². The number of hydrogen-bond donors (Lipinski definition) is 2. The zero-order chi connectivity index (χ0) is 18.8. The summed E-state index contributed by atoms with van der Waals surface area (Å²) in [6.07, 6.45) is 1.91. The van der Waals surface area contributed by atoms with Crippen molar-refractivity contribution in [1.29, 1.82) is 0 Å². The van der Waals surface area contributed by atoms with Gasteiger partial charge in [-0.2, -0.15) is 0 Å². The molecular formula is C20H30N4OS. The van der Waals surface area contributed by atoms with Crippen molar-refractivity contribution in [2.75, 3.05) is 19.7 Å². The van der Waals surface area contributed by atoms with Gasteiger partial charge in [0.05, 0.1) is 23.9 Å². The normalized spacial score (nSPS) is 11.5. The van der Waals surface area contributed by atoms with Gasteiger partial charge in [0.1, 0.15) is 5.75 Å². The molecule has 5 nitrogen and oxygen atoms in total. The zero-order valence-electron chi connectivity index (χ0n) is 16.3. The molecule has 0 saturated carbocycles. The summed E-state index contributed by atoms with van der Waals surface area (Å²) in [7, 11) is 0. The van der Waals surface area contributed by atoms with E-state index in [1.165, 1.54) is 15.6 Å². The van der Waals surface area contributed by atoms with Gasteiger partial charge in [0.15, 0.2) is 5.96 Å². The Bertz CT molecular complexity index is 712. The first-order valence-corrected chi connectivity index (χ1v) is 10.2. The van der Waals surface area contributed by atoms with Gasteiger partial charge in [-0.25, -0.2) is 9.98 Å². The molecule has 0 atom stereocenters. The minimum absolute atomic E-state index is 0.585. The summed E-state index contributed by atoms with van der Waals surface area (Å²) in [6, 6.07) is 8.06. The van der Waals surface area contributed by atoms with Crippen LogP contribution in [0.2, 0.25) is 0 Å². The number of thiazole rings is 1. The third-order valence-electron chi connectivity index (χ3n) is 3.93. The lowest BCUT2D eigenvalue weighted by Gasteiger charge is -2.12. The average Bonchev–Trinajstić information content (AvgIpc) is 3.00. The van der Waals surface area contributed by atoms with Crippen molar-refractivity contribution in [2.24, 2.45) is 4.99 Å². The molecule has 0 bridgehead atoms. The van der Waals surface area contributed by atoms with Gasteiger partial charge in [0, 0.05) is 30.0 Å². The second kappa shape index (κ2) is 10.8. The Balaban J connectivity index is 1.94. The highest BCUT2D eigenvalue weighted by Gasteiger charge is 2.07. The summed E-state index contributed by atoms with van der Waals surface area (Å²) < 4.78 is 5.68. The molecule has 0 amide bonds. The lowest BCUT2D eigenvalue weighted by atomic mass is 10.2. The molecule has 2 rings (SSSR count). The summed E-state index contributed by atoms with van der Waals surface area (Å²) in [6.45, 7) is 11.3. The Hall–Kier alpha value is -2.08. The molecule has 0 aliphatic rings. The first-order chi connectivity index (χ1) is 12.7. The van der Waals surface area contributed by atoms with Crippen molar-refractivity contribution in [1.82, 2.24) is 15.6 Å². The van der Waals surface area contributed by atoms with Crippen LogP contribution in [0.5, 0.6) is 5.75 Å². The maximum Gasteiger partial charge on any atom is 0.191 e. The van der Waals surface area contributed by atoms with Crippen LogP contribution in [0.4, 0.5) is 0 Å². The fraction of sp³-hybridized carbons (Fsp3) is 0.500. The number of benzene rings is 1. The van der Waals surface area contributed by atoms with Crippen LogP contribution in [0.15, 0.2) is 29.3 Å². The van der Waals surface area contributed by atoms with Gasteiger partial charge in [-0.1, -0.05) is 25.1 Å². The number of rotatable bonds is 9. The van der Waals surface area contributed by atoms with Gasteiger partial charge >= 0.3 is 0 Å². The minimum Gasteiger partial charge on any atom is -0.494 e. The molecule has 0 radical (unpaired) electrons. The molecule has 142 valence electrons. The van der Waals surface area contributed by atoms with E-state index < -0.39 is 0 Å². The molecule has 1 aromatic carbocycles. The third kappa shape index (κ3) is 6.02. The number of aliphatic imine (C=N–C) groups is 1. The number of ether oxygens (including phenoxy) is 1. The Morgan fingerprint density at radius 3 is 2.69 bits per heavy atom. The summed E-state index contributed by atoms with van der Waals surface area (Å²) in [5.74, 6) is 1.72. The fourth-order valence-electron chi connectivity index (χ4n) is 2.65. The molecule has 26 heavy (non-hydrogen) atoms. The molecule has 0 unspecified atom stereocenters. The van der Waals surface area contributed by atoms with Crippen LogP contribution in [0.25, 0.3) is 0 Å². The number of aryl methyl sites for hydroxylation is 2. The van der Waals surface area contributed by atoms with E-state index in [9.17, 15) is 0 Å². The molecule has 0 saturated heterocycles. The van der Waals surface area contributed by atoms with Gasteiger partial charge in [-0.3, -0.25) is 0 Å². The molecule has 0 fully saturated rings. The van der Waals surface area contributed by atoms with Gasteiger partial charge in [0.2, 0.25) is 0 Å². The number of guanidine groups is 1. The highest BCUT2D eigenvalue weighted by Crippen LogP contribution is 2.19. The third-order valence-corrected chi connectivity index (χ3v) is 5.00. The summed E-state index contributed by atoms with van der Waals surface area (Å²) in [4.78, 5) is 10.7. The second-order valence-electron chi connectivity index (χ2n) is 5.88. The SMILES string of the molecule is CCNC(=NCc1ccccc1OCC)NCCc1nc(CC)c(C)s1. The molecule has 6 heteroatoms. The van der Waals surface area contributed by atoms with Crippen molar-refractivity contribution in [2.45, 2.75) is 47.1 Å². The lowest BCUT2D eigenvalue weighted by molar-refractivity contribution is 0.336. The van der Waals surface area contributed by atoms with Crippen molar-refractivity contribution < 1.29 is 4.74 Å². The Kier molecular flexibility index (Phi) is 8.41. The largest absolute Gasteiger partial charge is 0.494 e. The van der Waals surface area contributed by atoms with Gasteiger partial charge in [0.25, 0.3) is 0 Å². The zero-order valence-corrected chi connectivity index (χ0v) is 17.1. The van der Waals surface area contributed by atoms with E-state index in [0.29, 0.717) is 13.2 Å². The van der Waals surface area contributed by atoms with Crippen molar-refractivity contribution >= 4 is 17.3 Å². The van der Waals surface area contributed by atoms with Crippen molar-refractivity contribution in [3.05, 3.63) is 45.4 Å². The molecule has 0 aliphatic heterocycles. The first kappa shape index (κ1) is 20.2. The van der Waals surface area contributed by atoms with Gasteiger partial charge < -0.3 is 15.4 Å². The quantitative estimate of drug-likeness (QED) is 0.519. The van der Waals surface area contributed by atoms with E-state index in [4.69, 9.17) is 14.7 Å². The molecule has 2 N–H and O–H groups in total. The van der Waals surface area contributed by atoms with Crippen molar-refractivity contribution in [3.8, 4) is 5.75 Å². The summed E-state index contributed by atoms with van der Waals surface area (Å²) in [5, 5.41) is 7.89. The molecule has 0 aliphatic carbocycles. The monoisotopic (exact) mass is 374 g/mol. The highest BCUT2D eigenvalue weighted by atomic mass is 32.1. The van der Waals surface area contributed by atoms with E-state index in [-0.39, 0.29) is 0 Å². The molecule has 1 aromatic heterocycles. The number of nitrogens with zero attached hydrogens (tertiary/aromatic N) is 2. The van der Waals surface area contributed by atoms with Crippen LogP contribution < -0.4 is 15.4 Å². The summed E-state index contributed by atoms with van der Waals surface area (Å²) in [5.41, 5.74) is 2.31. The Labute approximate surface area is 160 Å². The predicted molar refractivity (Wildman–Crippen MR) is 110 cm³/mol. The smallest absolute Gasteiger partial charge is 0.191 e. The van der Waals surface area contributed by atoms with Crippen LogP contribution in [0, 0.1) is 6.92 Å². The fourth-order valence-corrected chi connectivity index (χ4v) is 3.67. The topological polar surface area (TPSA) is 58.5 Å². The maximum absolute atomic E-state index is 5.68. The van der Waals surface area contributed by atoms with E-state index in [1.807, 2.05) is 25.1 Å². The first-order valence-electron chi connectivity index (χ1n) is 9.35. The molecular weight excluding hydrogens is 344 g/mol. The number of para-hydroxylation sites is 1. The van der Waals surface area contributed by atoms with Crippen LogP contribution in [-0.2, 0) is 19.4 Å². The number of nitrogens with one attached hydrogen (secondary N) is 2. The van der Waals surface area contributed by atoms with Crippen LogP contribution in [0.1, 0.15) is 41.9 Å². The van der Waals surface area contributed by atoms with E-state index in [2.05, 4.69) is 37.5 Å². The maximum atomic E-state index is 5.68. The second-order valence-corrected chi connectivity index (χ2v) is 7.16. The number of hydrogen-bond acceptors (Lipinski definition) is 4. The number of aromatic nitrogens is 1. The van der Waals surface area contributed by atoms with E-state index in [0.717, 1.165) is 43.2 Å². The standard InChI is InChI=1S/C20H30N4OS/c1-5-17-15(4)26-19(24-17)12-13-22-20(21-6-2)23-14-16-10-8-9-11-18(16)25-7-3/h8-11H,5-7,12-14H2,1-4H3,(H2,21,22,23). The Morgan fingerprint density at radius 2 is 2.00 bits per heavy atom. The van der Waals surface area contributed by atoms with Gasteiger partial charge in [-0.15, -0.1) is 11.3 Å².